The largest absolute Gasteiger partial charge is 0.472 e. The van der Waals surface area contributed by atoms with Gasteiger partial charge in [-0.2, -0.15) is 0 Å². The summed E-state index contributed by atoms with van der Waals surface area (Å²) < 4.78 is 68.3. The van der Waals surface area contributed by atoms with Gasteiger partial charge in [-0.15, -0.1) is 0 Å². The molecule has 0 aromatic rings. The fourth-order valence-electron chi connectivity index (χ4n) is 11.5. The van der Waals surface area contributed by atoms with Crippen molar-refractivity contribution < 1.29 is 80.2 Å². The lowest BCUT2D eigenvalue weighted by Gasteiger charge is -2.21. The smallest absolute Gasteiger partial charge is 0.462 e. The molecule has 0 aliphatic heterocycles. The highest BCUT2D eigenvalue weighted by molar-refractivity contribution is 7.47. The van der Waals surface area contributed by atoms with E-state index >= 15 is 0 Å². The molecule has 0 rings (SSSR count). The minimum Gasteiger partial charge on any atom is -0.462 e. The van der Waals surface area contributed by atoms with E-state index in [9.17, 15) is 43.2 Å². The third-order valence-electron chi connectivity index (χ3n) is 17.5. The monoisotopic (exact) mass is 1380 g/mol. The first-order valence-corrected chi connectivity index (χ1v) is 42.0. The number of aliphatic hydroxyl groups excluding tert-OH is 1. The van der Waals surface area contributed by atoms with Gasteiger partial charge in [0.2, 0.25) is 0 Å². The lowest BCUT2D eigenvalue weighted by atomic mass is 10.0. The van der Waals surface area contributed by atoms with Gasteiger partial charge >= 0.3 is 39.5 Å². The van der Waals surface area contributed by atoms with Crippen molar-refractivity contribution in [2.24, 2.45) is 11.8 Å². The zero-order valence-corrected chi connectivity index (χ0v) is 63.1. The Morgan fingerprint density at radius 1 is 0.287 bits per heavy atom. The van der Waals surface area contributed by atoms with E-state index in [-0.39, 0.29) is 25.7 Å². The molecular formula is C75H146O17P2. The number of ether oxygens (including phenoxy) is 4. The molecule has 0 aliphatic carbocycles. The van der Waals surface area contributed by atoms with Crippen LogP contribution in [0.1, 0.15) is 388 Å². The van der Waals surface area contributed by atoms with Gasteiger partial charge in [0.1, 0.15) is 19.3 Å². The minimum absolute atomic E-state index is 0.106. The molecule has 0 heterocycles. The summed E-state index contributed by atoms with van der Waals surface area (Å²) in [4.78, 5) is 72.6. The number of hydrogen-bond donors (Lipinski definition) is 3. The average molecular weight is 1380 g/mol. The molecule has 0 saturated carbocycles. The SMILES string of the molecule is CCCCCCCCCCCCC(=O)O[C@H](COC(=O)CCCCCCCCC)COP(=O)(O)OC[C@H](O)COP(=O)(O)OC[C@@H](COC(=O)CCCCCCCCCCCCCCCCCC(C)C)OC(=O)CCCCCCCCCCCCCCCCCCC(C)C. The highest BCUT2D eigenvalue weighted by Crippen LogP contribution is 2.45. The van der Waals surface area contributed by atoms with Gasteiger partial charge in [0, 0.05) is 25.7 Å². The van der Waals surface area contributed by atoms with E-state index in [0.717, 1.165) is 115 Å². The molecule has 94 heavy (non-hydrogen) atoms. The predicted molar refractivity (Wildman–Crippen MR) is 381 cm³/mol. The van der Waals surface area contributed by atoms with Crippen LogP contribution < -0.4 is 0 Å². The van der Waals surface area contributed by atoms with Gasteiger partial charge in [0.05, 0.1) is 26.4 Å². The highest BCUT2D eigenvalue weighted by atomic mass is 31.2. The first-order valence-electron chi connectivity index (χ1n) is 39.0. The molecule has 0 saturated heterocycles. The minimum atomic E-state index is -4.96. The zero-order chi connectivity index (χ0) is 69.3. The molecule has 2 unspecified atom stereocenters. The summed E-state index contributed by atoms with van der Waals surface area (Å²) in [6, 6.07) is 0. The number of carbonyl (C=O) groups excluding carboxylic acids is 4. The van der Waals surface area contributed by atoms with Crippen LogP contribution in [0.2, 0.25) is 0 Å². The summed E-state index contributed by atoms with van der Waals surface area (Å²) in [5.74, 6) is -0.506. The Kier molecular flexibility index (Phi) is 65.5. The maximum absolute atomic E-state index is 13.1. The van der Waals surface area contributed by atoms with Crippen LogP contribution in [-0.4, -0.2) is 96.7 Å². The number of unbranched alkanes of at least 4 members (excludes halogenated alkanes) is 44. The van der Waals surface area contributed by atoms with E-state index < -0.39 is 97.5 Å². The molecule has 0 amide bonds. The van der Waals surface area contributed by atoms with Gasteiger partial charge in [-0.25, -0.2) is 9.13 Å². The second kappa shape index (κ2) is 66.9. The molecule has 558 valence electrons. The van der Waals surface area contributed by atoms with Crippen molar-refractivity contribution in [3.05, 3.63) is 0 Å². The molecule has 0 spiro atoms. The summed E-state index contributed by atoms with van der Waals surface area (Å²) in [7, 11) is -9.90. The first kappa shape index (κ1) is 92.1. The Morgan fingerprint density at radius 3 is 0.723 bits per heavy atom. The fourth-order valence-corrected chi connectivity index (χ4v) is 13.1. The van der Waals surface area contributed by atoms with Crippen molar-refractivity contribution in [2.75, 3.05) is 39.6 Å². The Balaban J connectivity index is 5.17. The lowest BCUT2D eigenvalue weighted by molar-refractivity contribution is -0.161. The summed E-state index contributed by atoms with van der Waals surface area (Å²) in [6.07, 6.45) is 54.3. The maximum Gasteiger partial charge on any atom is 0.472 e. The van der Waals surface area contributed by atoms with Gasteiger partial charge in [0.15, 0.2) is 12.2 Å². The number of carbonyl (C=O) groups is 4. The second-order valence-corrected chi connectivity index (χ2v) is 30.9. The number of phosphoric ester groups is 2. The standard InChI is InChI=1S/C75H146O17P2/c1-7-9-11-13-15-16-34-41-47-53-59-74(79)91-70(63-85-72(77)57-51-45-37-14-12-10-8-2)65-89-93(81,82)87-61-69(76)62-88-94(83,84)90-66-71(64-86-73(78)58-52-46-40-35-30-26-23-19-21-25-29-33-39-44-50-56-68(5)6)92-75(80)60-54-48-42-36-31-27-22-18-17-20-24-28-32-38-43-49-55-67(3)4/h67-71,76H,7-66H2,1-6H3,(H,81,82)(H,83,84)/t69-,70+,71+/m0/s1. The van der Waals surface area contributed by atoms with Crippen LogP contribution in [0.3, 0.4) is 0 Å². The molecule has 0 aliphatic rings. The molecular weight excluding hydrogens is 1230 g/mol. The van der Waals surface area contributed by atoms with E-state index in [4.69, 9.17) is 37.0 Å². The van der Waals surface area contributed by atoms with Crippen LogP contribution >= 0.6 is 15.6 Å². The number of phosphoric acid groups is 2. The number of esters is 4. The molecule has 0 fully saturated rings. The van der Waals surface area contributed by atoms with Crippen molar-refractivity contribution in [3.63, 3.8) is 0 Å². The normalized spacial score (nSPS) is 14.0. The van der Waals surface area contributed by atoms with Gasteiger partial charge in [0.25, 0.3) is 0 Å². The van der Waals surface area contributed by atoms with E-state index in [2.05, 4.69) is 41.5 Å². The van der Waals surface area contributed by atoms with Crippen molar-refractivity contribution >= 4 is 39.5 Å². The molecule has 3 N–H and O–H groups in total. The van der Waals surface area contributed by atoms with Crippen LogP contribution in [-0.2, 0) is 65.4 Å². The van der Waals surface area contributed by atoms with Crippen LogP contribution in [0.15, 0.2) is 0 Å². The molecule has 0 radical (unpaired) electrons. The first-order chi connectivity index (χ1) is 45.4. The fraction of sp³-hybridized carbons (Fsp3) is 0.947. The molecule has 0 bridgehead atoms. The topological polar surface area (TPSA) is 237 Å². The summed E-state index contributed by atoms with van der Waals surface area (Å²) in [5.41, 5.74) is 0. The van der Waals surface area contributed by atoms with Crippen LogP contribution in [0, 0.1) is 11.8 Å². The summed E-state index contributed by atoms with van der Waals surface area (Å²) >= 11 is 0. The van der Waals surface area contributed by atoms with Crippen LogP contribution in [0.5, 0.6) is 0 Å². The molecule has 5 atom stereocenters. The van der Waals surface area contributed by atoms with Crippen molar-refractivity contribution in [3.8, 4) is 0 Å². The zero-order valence-electron chi connectivity index (χ0n) is 61.3. The maximum atomic E-state index is 13.1. The van der Waals surface area contributed by atoms with Crippen LogP contribution in [0.4, 0.5) is 0 Å². The Morgan fingerprint density at radius 2 is 0.489 bits per heavy atom. The van der Waals surface area contributed by atoms with Gasteiger partial charge in [-0.1, -0.05) is 337 Å². The lowest BCUT2D eigenvalue weighted by Crippen LogP contribution is -2.30. The molecule has 0 aromatic carbocycles. The van der Waals surface area contributed by atoms with E-state index in [1.807, 2.05) is 0 Å². The third-order valence-corrected chi connectivity index (χ3v) is 19.4. The molecule has 0 aromatic heterocycles. The van der Waals surface area contributed by atoms with Crippen LogP contribution in [0.25, 0.3) is 0 Å². The molecule has 17 nitrogen and oxygen atoms in total. The third kappa shape index (κ3) is 68.6. The van der Waals surface area contributed by atoms with Crippen molar-refractivity contribution in [1.29, 1.82) is 0 Å². The quantitative estimate of drug-likeness (QED) is 0.0222. The van der Waals surface area contributed by atoms with E-state index in [1.54, 1.807) is 0 Å². The second-order valence-electron chi connectivity index (χ2n) is 28.0. The Hall–Kier alpha value is -1.94. The van der Waals surface area contributed by atoms with Gasteiger partial charge in [-0.3, -0.25) is 37.3 Å². The summed E-state index contributed by atoms with van der Waals surface area (Å²) in [6.45, 7) is 9.60. The van der Waals surface area contributed by atoms with Gasteiger partial charge in [-0.05, 0) is 37.5 Å². The predicted octanol–water partition coefficient (Wildman–Crippen LogP) is 21.9. The van der Waals surface area contributed by atoms with Gasteiger partial charge < -0.3 is 33.8 Å². The molecule has 19 heteroatoms. The summed E-state index contributed by atoms with van der Waals surface area (Å²) in [5, 5.41) is 10.6. The Labute approximate surface area is 575 Å². The van der Waals surface area contributed by atoms with Crippen molar-refractivity contribution in [1.82, 2.24) is 0 Å². The highest BCUT2D eigenvalue weighted by Gasteiger charge is 2.30. The van der Waals surface area contributed by atoms with Crippen molar-refractivity contribution in [2.45, 2.75) is 407 Å². The number of rotatable bonds is 74. The Bertz CT molecular complexity index is 1820. The average Bonchev–Trinajstić information content (AvgIpc) is 1.19. The van der Waals surface area contributed by atoms with E-state index in [0.29, 0.717) is 25.7 Å². The number of aliphatic hydroxyl groups is 1. The van der Waals surface area contributed by atoms with E-state index in [1.165, 1.54) is 193 Å². The number of hydrogen-bond acceptors (Lipinski definition) is 15.